The van der Waals surface area contributed by atoms with E-state index in [-0.39, 0.29) is 5.75 Å². The second kappa shape index (κ2) is 4.98. The number of hydrogen-bond donors (Lipinski definition) is 1. The molecule has 1 aromatic heterocycles. The number of phenols is 1. The van der Waals surface area contributed by atoms with Crippen LogP contribution < -0.4 is 4.74 Å². The van der Waals surface area contributed by atoms with E-state index in [1.165, 1.54) is 0 Å². The van der Waals surface area contributed by atoms with Crippen LogP contribution in [-0.4, -0.2) is 10.1 Å². The number of fused-ring (bicyclic) bond motifs is 1. The summed E-state index contributed by atoms with van der Waals surface area (Å²) < 4.78 is 5.60. The Balaban J connectivity index is 1.80. The van der Waals surface area contributed by atoms with E-state index < -0.39 is 0 Å². The quantitative estimate of drug-likeness (QED) is 0.774. The summed E-state index contributed by atoms with van der Waals surface area (Å²) in [5.74, 6) is 0.652. The van der Waals surface area contributed by atoms with Crippen LogP contribution in [-0.2, 0) is 6.61 Å². The maximum absolute atomic E-state index is 9.63. The summed E-state index contributed by atoms with van der Waals surface area (Å²) in [5.41, 5.74) is 2.01. The third kappa shape index (κ3) is 2.50. The van der Waals surface area contributed by atoms with Gasteiger partial charge < -0.3 is 9.84 Å². The number of nitrogens with zero attached hydrogens (tertiary/aromatic N) is 1. The number of ether oxygens (including phenoxy) is 1. The van der Waals surface area contributed by atoms with Gasteiger partial charge in [-0.15, -0.1) is 0 Å². The lowest BCUT2D eigenvalue weighted by molar-refractivity contribution is 0.289. The van der Waals surface area contributed by atoms with Crippen molar-refractivity contribution in [1.29, 1.82) is 0 Å². The van der Waals surface area contributed by atoms with Gasteiger partial charge >= 0.3 is 0 Å². The largest absolute Gasteiger partial charge is 0.504 e. The lowest BCUT2D eigenvalue weighted by atomic mass is 10.1. The number of phenolic OH excluding ortho intramolecular Hbond substituents is 1. The Morgan fingerprint density at radius 2 is 1.89 bits per heavy atom. The zero-order valence-corrected chi connectivity index (χ0v) is 10.3. The number of para-hydroxylation sites is 2. The molecule has 0 bridgehead atoms. The van der Waals surface area contributed by atoms with Gasteiger partial charge in [-0.1, -0.05) is 24.3 Å². The van der Waals surface area contributed by atoms with Crippen LogP contribution in [0.25, 0.3) is 10.9 Å². The summed E-state index contributed by atoms with van der Waals surface area (Å²) in [6.07, 6.45) is 1.78. The van der Waals surface area contributed by atoms with Crippen molar-refractivity contribution in [2.75, 3.05) is 0 Å². The van der Waals surface area contributed by atoms with E-state index in [1.807, 2.05) is 36.4 Å². The molecule has 19 heavy (non-hydrogen) atoms. The van der Waals surface area contributed by atoms with Gasteiger partial charge in [0.1, 0.15) is 6.61 Å². The van der Waals surface area contributed by atoms with Gasteiger partial charge in [0.25, 0.3) is 0 Å². The molecule has 1 N–H and O–H groups in total. The molecule has 0 atom stereocenters. The van der Waals surface area contributed by atoms with Gasteiger partial charge in [-0.25, -0.2) is 0 Å². The topological polar surface area (TPSA) is 42.4 Å². The van der Waals surface area contributed by atoms with Crippen LogP contribution >= 0.6 is 0 Å². The third-order valence-electron chi connectivity index (χ3n) is 2.93. The molecule has 0 radical (unpaired) electrons. The van der Waals surface area contributed by atoms with Gasteiger partial charge in [0.15, 0.2) is 11.5 Å². The van der Waals surface area contributed by atoms with Crippen molar-refractivity contribution in [3.8, 4) is 11.5 Å². The monoisotopic (exact) mass is 251 g/mol. The first-order valence-electron chi connectivity index (χ1n) is 6.07. The van der Waals surface area contributed by atoms with Gasteiger partial charge in [0, 0.05) is 11.6 Å². The van der Waals surface area contributed by atoms with Crippen molar-refractivity contribution in [3.63, 3.8) is 0 Å². The number of aromatic nitrogens is 1. The second-order valence-electron chi connectivity index (χ2n) is 4.29. The average molecular weight is 251 g/mol. The van der Waals surface area contributed by atoms with E-state index in [0.717, 1.165) is 16.5 Å². The number of pyridine rings is 1. The molecule has 94 valence electrons. The molecule has 0 saturated carbocycles. The van der Waals surface area contributed by atoms with E-state index >= 15 is 0 Å². The van der Waals surface area contributed by atoms with E-state index in [2.05, 4.69) is 4.98 Å². The maximum Gasteiger partial charge on any atom is 0.161 e. The zero-order valence-electron chi connectivity index (χ0n) is 10.3. The fourth-order valence-corrected chi connectivity index (χ4v) is 1.96. The first-order valence-corrected chi connectivity index (χ1v) is 6.07. The highest BCUT2D eigenvalue weighted by Crippen LogP contribution is 2.25. The van der Waals surface area contributed by atoms with Crippen LogP contribution in [0.15, 0.2) is 60.8 Å². The molecule has 0 saturated heterocycles. The van der Waals surface area contributed by atoms with Crippen molar-refractivity contribution in [2.24, 2.45) is 0 Å². The minimum atomic E-state index is 0.157. The SMILES string of the molecule is Oc1ccccc1OCc1ccc2ncccc2c1. The standard InChI is InChI=1S/C16H13NO2/c18-15-5-1-2-6-16(15)19-11-12-7-8-14-13(10-12)4-3-9-17-14/h1-10,18H,11H2. The van der Waals surface area contributed by atoms with Crippen LogP contribution in [0.5, 0.6) is 11.5 Å². The van der Waals surface area contributed by atoms with Crippen LogP contribution in [0.4, 0.5) is 0 Å². The molecule has 3 heteroatoms. The van der Waals surface area contributed by atoms with E-state index in [9.17, 15) is 5.11 Å². The summed E-state index contributed by atoms with van der Waals surface area (Å²) in [6.45, 7) is 0.419. The fraction of sp³-hybridized carbons (Fsp3) is 0.0625. The molecule has 0 spiro atoms. The molecule has 0 fully saturated rings. The molecule has 0 amide bonds. The molecular weight excluding hydrogens is 238 g/mol. The lowest BCUT2D eigenvalue weighted by Crippen LogP contribution is -1.95. The predicted molar refractivity (Wildman–Crippen MR) is 74.2 cm³/mol. The summed E-state index contributed by atoms with van der Waals surface area (Å²) in [5, 5.41) is 10.7. The van der Waals surface area contributed by atoms with Crippen molar-refractivity contribution < 1.29 is 9.84 Å². The molecule has 0 aliphatic carbocycles. The number of hydrogen-bond acceptors (Lipinski definition) is 3. The Kier molecular flexibility index (Phi) is 3.02. The molecule has 0 aliphatic heterocycles. The molecule has 3 rings (SSSR count). The number of rotatable bonds is 3. The molecule has 0 aliphatic rings. The van der Waals surface area contributed by atoms with Gasteiger partial charge in [0.05, 0.1) is 5.52 Å². The van der Waals surface area contributed by atoms with Gasteiger partial charge in [-0.2, -0.15) is 0 Å². The maximum atomic E-state index is 9.63. The minimum absolute atomic E-state index is 0.157. The Morgan fingerprint density at radius 1 is 1.00 bits per heavy atom. The second-order valence-corrected chi connectivity index (χ2v) is 4.29. The van der Waals surface area contributed by atoms with Crippen LogP contribution in [0.1, 0.15) is 5.56 Å². The van der Waals surface area contributed by atoms with Crippen molar-refractivity contribution in [2.45, 2.75) is 6.61 Å². The van der Waals surface area contributed by atoms with E-state index in [4.69, 9.17) is 4.74 Å². The highest BCUT2D eigenvalue weighted by Gasteiger charge is 2.02. The van der Waals surface area contributed by atoms with Crippen LogP contribution in [0.2, 0.25) is 0 Å². The number of benzene rings is 2. The first-order chi connectivity index (χ1) is 9.33. The molecular formula is C16H13NO2. The van der Waals surface area contributed by atoms with E-state index in [0.29, 0.717) is 12.4 Å². The normalized spacial score (nSPS) is 10.5. The van der Waals surface area contributed by atoms with Gasteiger partial charge in [-0.3, -0.25) is 4.98 Å². The number of aromatic hydroxyl groups is 1. The Hall–Kier alpha value is -2.55. The summed E-state index contributed by atoms with van der Waals surface area (Å²) in [7, 11) is 0. The van der Waals surface area contributed by atoms with Crippen LogP contribution in [0, 0.1) is 0 Å². The van der Waals surface area contributed by atoms with Crippen molar-refractivity contribution in [3.05, 3.63) is 66.4 Å². The predicted octanol–water partition coefficient (Wildman–Crippen LogP) is 3.52. The highest BCUT2D eigenvalue weighted by molar-refractivity contribution is 5.78. The Morgan fingerprint density at radius 3 is 2.79 bits per heavy atom. The molecule has 1 heterocycles. The lowest BCUT2D eigenvalue weighted by Gasteiger charge is -2.08. The van der Waals surface area contributed by atoms with Crippen LogP contribution in [0.3, 0.4) is 0 Å². The van der Waals surface area contributed by atoms with E-state index in [1.54, 1.807) is 24.4 Å². The van der Waals surface area contributed by atoms with Crippen molar-refractivity contribution in [1.82, 2.24) is 4.98 Å². The molecule has 0 unspecified atom stereocenters. The zero-order chi connectivity index (χ0) is 13.1. The first kappa shape index (κ1) is 11.5. The molecule has 3 aromatic rings. The Labute approximate surface area is 111 Å². The molecule has 3 nitrogen and oxygen atoms in total. The summed E-state index contributed by atoms with van der Waals surface area (Å²) >= 11 is 0. The summed E-state index contributed by atoms with van der Waals surface area (Å²) in [6, 6.07) is 16.9. The van der Waals surface area contributed by atoms with Gasteiger partial charge in [0.2, 0.25) is 0 Å². The Bertz CT molecular complexity index is 710. The highest BCUT2D eigenvalue weighted by atomic mass is 16.5. The fourth-order valence-electron chi connectivity index (χ4n) is 1.96. The molecule has 2 aromatic carbocycles. The third-order valence-corrected chi connectivity index (χ3v) is 2.93. The van der Waals surface area contributed by atoms with Crippen molar-refractivity contribution >= 4 is 10.9 Å². The average Bonchev–Trinajstić information content (AvgIpc) is 2.46. The van der Waals surface area contributed by atoms with Gasteiger partial charge in [-0.05, 0) is 35.9 Å². The summed E-state index contributed by atoms with van der Waals surface area (Å²) in [4.78, 5) is 4.27. The minimum Gasteiger partial charge on any atom is -0.504 e. The smallest absolute Gasteiger partial charge is 0.161 e.